The van der Waals surface area contributed by atoms with E-state index in [0.29, 0.717) is 12.0 Å². The summed E-state index contributed by atoms with van der Waals surface area (Å²) < 4.78 is 0. The van der Waals surface area contributed by atoms with Crippen LogP contribution in [0.3, 0.4) is 0 Å². The lowest BCUT2D eigenvalue weighted by molar-refractivity contribution is 0.421. The Morgan fingerprint density at radius 2 is 2.27 bits per heavy atom. The summed E-state index contributed by atoms with van der Waals surface area (Å²) in [5, 5.41) is 0. The van der Waals surface area contributed by atoms with E-state index in [1.54, 1.807) is 6.20 Å². The van der Waals surface area contributed by atoms with E-state index in [9.17, 15) is 0 Å². The second-order valence-corrected chi connectivity index (χ2v) is 3.85. The Balaban J connectivity index is 2.18. The van der Waals surface area contributed by atoms with Crippen molar-refractivity contribution in [1.82, 2.24) is 4.90 Å². The molecule has 3 heteroatoms. The molecule has 0 spiro atoms. The maximum absolute atomic E-state index is 5.42. The van der Waals surface area contributed by atoms with E-state index in [-0.39, 0.29) is 0 Å². The first kappa shape index (κ1) is 10.0. The number of hydrogen-bond acceptors (Lipinski definition) is 2. The van der Waals surface area contributed by atoms with Crippen molar-refractivity contribution in [2.45, 2.75) is 12.5 Å². The summed E-state index contributed by atoms with van der Waals surface area (Å²) in [6.07, 6.45) is 13.4. The summed E-state index contributed by atoms with van der Waals surface area (Å²) in [7, 11) is 1.81. The van der Waals surface area contributed by atoms with Crippen LogP contribution in [0.15, 0.2) is 41.6 Å². The number of likely N-dealkylation sites (tertiary alicyclic amines) is 1. The summed E-state index contributed by atoms with van der Waals surface area (Å²) in [5.74, 6) is 1.61. The minimum absolute atomic E-state index is 0.463. The Labute approximate surface area is 90.7 Å². The zero-order valence-corrected chi connectivity index (χ0v) is 9.00. The van der Waals surface area contributed by atoms with Crippen LogP contribution in [-0.4, -0.2) is 30.4 Å². The van der Waals surface area contributed by atoms with Gasteiger partial charge in [0.05, 0.1) is 6.04 Å². The van der Waals surface area contributed by atoms with Gasteiger partial charge in [0.2, 0.25) is 0 Å². The molecule has 2 atom stereocenters. The molecule has 0 saturated carbocycles. The molecule has 0 aromatic carbocycles. The van der Waals surface area contributed by atoms with Gasteiger partial charge in [0, 0.05) is 19.5 Å². The van der Waals surface area contributed by atoms with Crippen LogP contribution >= 0.6 is 0 Å². The Morgan fingerprint density at radius 3 is 3.00 bits per heavy atom. The SMILES string of the molecule is CN=C(C=CN)N1CCC2C=CC=CC21. The molecule has 3 nitrogen and oxygen atoms in total. The predicted molar refractivity (Wildman–Crippen MR) is 63.6 cm³/mol. The molecule has 1 saturated heterocycles. The van der Waals surface area contributed by atoms with Crippen molar-refractivity contribution in [2.24, 2.45) is 16.6 Å². The topological polar surface area (TPSA) is 41.6 Å². The van der Waals surface area contributed by atoms with Crippen LogP contribution in [0.5, 0.6) is 0 Å². The molecule has 2 aliphatic rings. The van der Waals surface area contributed by atoms with E-state index in [2.05, 4.69) is 34.2 Å². The Kier molecular flexibility index (Phi) is 2.90. The van der Waals surface area contributed by atoms with Gasteiger partial charge in [-0.15, -0.1) is 0 Å². The number of nitrogens with zero attached hydrogens (tertiary/aromatic N) is 2. The molecule has 0 bridgehead atoms. The average Bonchev–Trinajstić information content (AvgIpc) is 2.70. The zero-order valence-electron chi connectivity index (χ0n) is 9.00. The van der Waals surface area contributed by atoms with E-state index in [0.717, 1.165) is 12.4 Å². The van der Waals surface area contributed by atoms with E-state index in [1.807, 2.05) is 13.1 Å². The molecule has 1 aliphatic heterocycles. The van der Waals surface area contributed by atoms with Gasteiger partial charge in [-0.2, -0.15) is 0 Å². The van der Waals surface area contributed by atoms with Crippen LogP contribution in [0.4, 0.5) is 0 Å². The molecular formula is C12H17N3. The summed E-state index contributed by atoms with van der Waals surface area (Å²) >= 11 is 0. The van der Waals surface area contributed by atoms with Gasteiger partial charge >= 0.3 is 0 Å². The molecule has 0 radical (unpaired) electrons. The summed E-state index contributed by atoms with van der Waals surface area (Å²) in [6.45, 7) is 1.06. The first-order valence-corrected chi connectivity index (χ1v) is 5.33. The van der Waals surface area contributed by atoms with Crippen LogP contribution < -0.4 is 5.73 Å². The highest BCUT2D eigenvalue weighted by Gasteiger charge is 2.32. The average molecular weight is 203 g/mol. The molecule has 2 rings (SSSR count). The standard InChI is InChI=1S/C12H17N3/c1-14-12(6-8-13)15-9-7-10-4-2-3-5-11(10)15/h2-6,8,10-11H,7,9,13H2,1H3. The fourth-order valence-electron chi connectivity index (χ4n) is 2.33. The van der Waals surface area contributed by atoms with Gasteiger partial charge in [-0.3, -0.25) is 4.99 Å². The van der Waals surface area contributed by atoms with Crippen LogP contribution in [-0.2, 0) is 0 Å². The maximum Gasteiger partial charge on any atom is 0.125 e. The van der Waals surface area contributed by atoms with Crippen molar-refractivity contribution in [2.75, 3.05) is 13.6 Å². The molecule has 1 aliphatic carbocycles. The lowest BCUT2D eigenvalue weighted by Crippen LogP contribution is -2.36. The highest BCUT2D eigenvalue weighted by molar-refractivity contribution is 5.93. The van der Waals surface area contributed by atoms with E-state index in [1.165, 1.54) is 6.42 Å². The van der Waals surface area contributed by atoms with Gasteiger partial charge in [-0.25, -0.2) is 0 Å². The van der Waals surface area contributed by atoms with Gasteiger partial charge in [0.1, 0.15) is 5.84 Å². The van der Waals surface area contributed by atoms with Crippen LogP contribution in [0.1, 0.15) is 6.42 Å². The Morgan fingerprint density at radius 1 is 1.47 bits per heavy atom. The molecule has 80 valence electrons. The van der Waals surface area contributed by atoms with Gasteiger partial charge in [-0.1, -0.05) is 24.3 Å². The summed E-state index contributed by atoms with van der Waals surface area (Å²) in [6, 6.07) is 0.463. The lowest BCUT2D eigenvalue weighted by atomic mass is 9.96. The predicted octanol–water partition coefficient (Wildman–Crippen LogP) is 1.30. The van der Waals surface area contributed by atoms with Gasteiger partial charge in [0.25, 0.3) is 0 Å². The number of rotatable bonds is 1. The largest absolute Gasteiger partial charge is 0.404 e. The second kappa shape index (κ2) is 4.34. The third-order valence-electron chi connectivity index (χ3n) is 3.05. The fraction of sp³-hybridized carbons (Fsp3) is 0.417. The third-order valence-corrected chi connectivity index (χ3v) is 3.05. The highest BCUT2D eigenvalue weighted by atomic mass is 15.2. The van der Waals surface area contributed by atoms with Gasteiger partial charge in [-0.05, 0) is 18.7 Å². The van der Waals surface area contributed by atoms with Gasteiger partial charge < -0.3 is 10.6 Å². The minimum atomic E-state index is 0.463. The minimum Gasteiger partial charge on any atom is -0.404 e. The van der Waals surface area contributed by atoms with Crippen molar-refractivity contribution < 1.29 is 0 Å². The first-order chi connectivity index (χ1) is 7.36. The van der Waals surface area contributed by atoms with Crippen LogP contribution in [0.2, 0.25) is 0 Å². The molecule has 2 N–H and O–H groups in total. The van der Waals surface area contributed by atoms with Crippen molar-refractivity contribution in [3.8, 4) is 0 Å². The summed E-state index contributed by atoms with van der Waals surface area (Å²) in [4.78, 5) is 6.58. The quantitative estimate of drug-likeness (QED) is 0.515. The van der Waals surface area contributed by atoms with E-state index < -0.39 is 0 Å². The molecule has 2 unspecified atom stereocenters. The van der Waals surface area contributed by atoms with E-state index in [4.69, 9.17) is 5.73 Å². The van der Waals surface area contributed by atoms with Crippen molar-refractivity contribution in [3.05, 3.63) is 36.6 Å². The number of fused-ring (bicyclic) bond motifs is 1. The molecule has 1 heterocycles. The molecule has 15 heavy (non-hydrogen) atoms. The summed E-state index contributed by atoms with van der Waals surface area (Å²) in [5.41, 5.74) is 5.42. The lowest BCUT2D eigenvalue weighted by Gasteiger charge is -2.27. The van der Waals surface area contributed by atoms with Crippen LogP contribution in [0.25, 0.3) is 0 Å². The number of amidine groups is 1. The Bertz CT molecular complexity index is 339. The van der Waals surface area contributed by atoms with Crippen LogP contribution in [0, 0.1) is 5.92 Å². The molecule has 0 amide bonds. The number of aliphatic imine (C=N–C) groups is 1. The molecule has 0 aromatic rings. The molecule has 0 aromatic heterocycles. The van der Waals surface area contributed by atoms with Crippen molar-refractivity contribution in [1.29, 1.82) is 0 Å². The van der Waals surface area contributed by atoms with Crippen molar-refractivity contribution in [3.63, 3.8) is 0 Å². The van der Waals surface area contributed by atoms with E-state index >= 15 is 0 Å². The zero-order chi connectivity index (χ0) is 10.7. The maximum atomic E-state index is 5.42. The fourth-order valence-corrected chi connectivity index (χ4v) is 2.33. The number of allylic oxidation sites excluding steroid dienone is 2. The molecular weight excluding hydrogens is 186 g/mol. The smallest absolute Gasteiger partial charge is 0.125 e. The highest BCUT2D eigenvalue weighted by Crippen LogP contribution is 2.29. The van der Waals surface area contributed by atoms with Crippen molar-refractivity contribution >= 4 is 5.84 Å². The van der Waals surface area contributed by atoms with Gasteiger partial charge in [0.15, 0.2) is 0 Å². The second-order valence-electron chi connectivity index (χ2n) is 3.85. The number of hydrogen-bond donors (Lipinski definition) is 1. The third kappa shape index (κ3) is 1.82. The monoisotopic (exact) mass is 203 g/mol. The normalized spacial score (nSPS) is 30.2. The first-order valence-electron chi connectivity index (χ1n) is 5.33. The number of nitrogens with two attached hydrogens (primary N) is 1. The Hall–Kier alpha value is -1.51. The molecule has 1 fully saturated rings.